The van der Waals surface area contributed by atoms with E-state index in [-0.39, 0.29) is 12.0 Å². The third-order valence-corrected chi connectivity index (χ3v) is 2.41. The number of nitrogens with zero attached hydrogens (tertiary/aromatic N) is 4. The second-order valence-corrected chi connectivity index (χ2v) is 3.84. The molecular weight excluding hydrogens is 238 g/mol. The van der Waals surface area contributed by atoms with E-state index in [0.29, 0.717) is 11.4 Å². The van der Waals surface area contributed by atoms with Crippen molar-refractivity contribution in [1.29, 1.82) is 0 Å². The zero-order valence-corrected chi connectivity index (χ0v) is 9.57. The molecular formula is C10H11N5O3. The van der Waals surface area contributed by atoms with Crippen LogP contribution in [0.3, 0.4) is 0 Å². The van der Waals surface area contributed by atoms with Crippen LogP contribution in [0.4, 0.5) is 0 Å². The smallest absolute Gasteiger partial charge is 0.305 e. The maximum absolute atomic E-state index is 11.2. The molecule has 2 aromatic heterocycles. The molecule has 94 valence electrons. The van der Waals surface area contributed by atoms with Gasteiger partial charge in [0.05, 0.1) is 12.5 Å². The van der Waals surface area contributed by atoms with Gasteiger partial charge in [0.1, 0.15) is 0 Å². The highest BCUT2D eigenvalue weighted by molar-refractivity contribution is 5.67. The summed E-state index contributed by atoms with van der Waals surface area (Å²) in [4.78, 5) is 24.4. The number of H-pyrrole nitrogens is 1. The number of nitrogens with one attached hydrogen (secondary N) is 1. The Labute approximate surface area is 101 Å². The van der Waals surface area contributed by atoms with Gasteiger partial charge in [-0.05, 0) is 23.4 Å². The van der Waals surface area contributed by atoms with Crippen molar-refractivity contribution in [3.8, 4) is 11.4 Å². The number of rotatable bonds is 4. The van der Waals surface area contributed by atoms with Gasteiger partial charge in [-0.3, -0.25) is 9.59 Å². The molecule has 0 aromatic carbocycles. The summed E-state index contributed by atoms with van der Waals surface area (Å²) in [6.45, 7) is 1.70. The molecule has 8 nitrogen and oxygen atoms in total. The first-order chi connectivity index (χ1) is 8.58. The van der Waals surface area contributed by atoms with Gasteiger partial charge in [0.25, 0.3) is 0 Å². The molecule has 2 rings (SSSR count). The largest absolute Gasteiger partial charge is 0.481 e. The van der Waals surface area contributed by atoms with Crippen LogP contribution in [0.25, 0.3) is 11.4 Å². The van der Waals surface area contributed by atoms with Gasteiger partial charge in [0, 0.05) is 17.8 Å². The van der Waals surface area contributed by atoms with Crippen LogP contribution in [0.5, 0.6) is 0 Å². The molecule has 0 aliphatic rings. The highest BCUT2D eigenvalue weighted by atomic mass is 16.4. The number of carbonyl (C=O) groups is 1. The van der Waals surface area contributed by atoms with Crippen molar-refractivity contribution in [2.24, 2.45) is 0 Å². The molecule has 1 atom stereocenters. The van der Waals surface area contributed by atoms with E-state index in [0.717, 1.165) is 0 Å². The Balaban J connectivity index is 2.38. The molecule has 2 heterocycles. The van der Waals surface area contributed by atoms with Gasteiger partial charge in [0.15, 0.2) is 5.82 Å². The summed E-state index contributed by atoms with van der Waals surface area (Å²) < 4.78 is 1.39. The molecule has 0 aliphatic heterocycles. The second-order valence-electron chi connectivity index (χ2n) is 3.84. The fraction of sp³-hybridized carbons (Fsp3) is 0.300. The van der Waals surface area contributed by atoms with Crippen LogP contribution < -0.4 is 5.56 Å². The Bertz CT molecular complexity index is 618. The van der Waals surface area contributed by atoms with Crippen molar-refractivity contribution in [3.63, 3.8) is 0 Å². The lowest BCUT2D eigenvalue weighted by Gasteiger charge is -2.10. The number of tetrazole rings is 1. The fourth-order valence-electron chi connectivity index (χ4n) is 1.60. The maximum atomic E-state index is 11.2. The molecule has 0 saturated heterocycles. The van der Waals surface area contributed by atoms with E-state index in [4.69, 9.17) is 5.11 Å². The van der Waals surface area contributed by atoms with E-state index in [2.05, 4.69) is 20.5 Å². The van der Waals surface area contributed by atoms with Crippen molar-refractivity contribution in [3.05, 3.63) is 28.7 Å². The zero-order valence-electron chi connectivity index (χ0n) is 9.57. The first kappa shape index (κ1) is 12.0. The van der Waals surface area contributed by atoms with Crippen LogP contribution in [0.1, 0.15) is 19.4 Å². The standard InChI is InChI=1S/C10H11N5O3/c1-6(4-9(17)18)15-10(12-13-14-15)7-2-3-11-8(16)5-7/h2-3,5-6H,4H2,1H3,(H,11,16)(H,17,18). The lowest BCUT2D eigenvalue weighted by atomic mass is 10.2. The molecule has 0 spiro atoms. The van der Waals surface area contributed by atoms with Crippen LogP contribution >= 0.6 is 0 Å². The zero-order chi connectivity index (χ0) is 13.1. The Hall–Kier alpha value is -2.51. The number of hydrogen-bond acceptors (Lipinski definition) is 5. The van der Waals surface area contributed by atoms with Crippen LogP contribution in [-0.2, 0) is 4.79 Å². The first-order valence-corrected chi connectivity index (χ1v) is 5.26. The van der Waals surface area contributed by atoms with Gasteiger partial charge in [-0.1, -0.05) is 0 Å². The normalized spacial score (nSPS) is 12.3. The summed E-state index contributed by atoms with van der Waals surface area (Å²) in [6.07, 6.45) is 1.39. The molecule has 2 aromatic rings. The number of pyridine rings is 1. The van der Waals surface area contributed by atoms with Gasteiger partial charge >= 0.3 is 5.97 Å². The van der Waals surface area contributed by atoms with E-state index in [9.17, 15) is 9.59 Å². The van der Waals surface area contributed by atoms with Crippen molar-refractivity contribution in [1.82, 2.24) is 25.2 Å². The van der Waals surface area contributed by atoms with Gasteiger partial charge in [0.2, 0.25) is 5.56 Å². The van der Waals surface area contributed by atoms with Crippen molar-refractivity contribution in [2.45, 2.75) is 19.4 Å². The number of aromatic nitrogens is 5. The Kier molecular flexibility index (Phi) is 3.18. The second kappa shape index (κ2) is 4.78. The van der Waals surface area contributed by atoms with Crippen molar-refractivity contribution >= 4 is 5.97 Å². The Morgan fingerprint density at radius 1 is 1.61 bits per heavy atom. The summed E-state index contributed by atoms with van der Waals surface area (Å²) in [6, 6.07) is 2.61. The van der Waals surface area contributed by atoms with E-state index >= 15 is 0 Å². The fourth-order valence-corrected chi connectivity index (χ4v) is 1.60. The molecule has 0 aliphatic carbocycles. The number of carboxylic acids is 1. The molecule has 0 saturated carbocycles. The molecule has 8 heteroatoms. The predicted octanol–water partition coefficient (Wildman–Crippen LogP) is 0.0641. The van der Waals surface area contributed by atoms with E-state index < -0.39 is 12.0 Å². The quantitative estimate of drug-likeness (QED) is 0.792. The van der Waals surface area contributed by atoms with Gasteiger partial charge in [-0.25, -0.2) is 4.68 Å². The number of hydrogen-bond donors (Lipinski definition) is 2. The third-order valence-electron chi connectivity index (χ3n) is 2.41. The lowest BCUT2D eigenvalue weighted by molar-refractivity contribution is -0.137. The number of carboxylic acid groups (broad SMARTS) is 1. The number of aromatic amines is 1. The highest BCUT2D eigenvalue weighted by Gasteiger charge is 2.17. The third kappa shape index (κ3) is 2.42. The summed E-state index contributed by atoms with van der Waals surface area (Å²) >= 11 is 0. The molecule has 0 amide bonds. The highest BCUT2D eigenvalue weighted by Crippen LogP contribution is 2.18. The van der Waals surface area contributed by atoms with E-state index in [1.807, 2.05) is 0 Å². The van der Waals surface area contributed by atoms with E-state index in [1.54, 1.807) is 13.0 Å². The van der Waals surface area contributed by atoms with Gasteiger partial charge < -0.3 is 10.1 Å². The van der Waals surface area contributed by atoms with Crippen molar-refractivity contribution < 1.29 is 9.90 Å². The molecule has 1 unspecified atom stereocenters. The summed E-state index contributed by atoms with van der Waals surface area (Å²) in [5.74, 6) is -0.565. The lowest BCUT2D eigenvalue weighted by Crippen LogP contribution is -2.14. The van der Waals surface area contributed by atoms with Crippen molar-refractivity contribution in [2.75, 3.05) is 0 Å². The summed E-state index contributed by atoms with van der Waals surface area (Å²) in [5, 5.41) is 19.8. The molecule has 0 fully saturated rings. The van der Waals surface area contributed by atoms with Gasteiger partial charge in [-0.2, -0.15) is 0 Å². The maximum Gasteiger partial charge on any atom is 0.305 e. The summed E-state index contributed by atoms with van der Waals surface area (Å²) in [5.41, 5.74) is 0.272. The number of aliphatic carboxylic acids is 1. The molecule has 0 radical (unpaired) electrons. The van der Waals surface area contributed by atoms with Crippen LogP contribution in [0.2, 0.25) is 0 Å². The summed E-state index contributed by atoms with van der Waals surface area (Å²) in [7, 11) is 0. The molecule has 2 N–H and O–H groups in total. The average molecular weight is 249 g/mol. The predicted molar refractivity (Wildman–Crippen MR) is 60.8 cm³/mol. The topological polar surface area (TPSA) is 114 Å². The van der Waals surface area contributed by atoms with Crippen LogP contribution in [-0.4, -0.2) is 36.3 Å². The van der Waals surface area contributed by atoms with Crippen LogP contribution in [0, 0.1) is 0 Å². The Morgan fingerprint density at radius 2 is 2.39 bits per heavy atom. The first-order valence-electron chi connectivity index (χ1n) is 5.26. The monoisotopic (exact) mass is 249 g/mol. The minimum atomic E-state index is -0.935. The minimum absolute atomic E-state index is 0.0960. The Morgan fingerprint density at radius 3 is 3.06 bits per heavy atom. The van der Waals surface area contributed by atoms with Crippen LogP contribution in [0.15, 0.2) is 23.1 Å². The molecule has 18 heavy (non-hydrogen) atoms. The minimum Gasteiger partial charge on any atom is -0.481 e. The van der Waals surface area contributed by atoms with E-state index in [1.165, 1.54) is 16.9 Å². The average Bonchev–Trinajstić information content (AvgIpc) is 2.76. The SMILES string of the molecule is CC(CC(=O)O)n1nnnc1-c1cc[nH]c(=O)c1. The molecule has 0 bridgehead atoms. The van der Waals surface area contributed by atoms with Gasteiger partial charge in [-0.15, -0.1) is 5.10 Å².